The third kappa shape index (κ3) is 9.61. The number of imidazole rings is 1. The summed E-state index contributed by atoms with van der Waals surface area (Å²) in [5.74, 6) is 0.307. The maximum atomic E-state index is 12.3. The molecule has 0 spiro atoms. The Morgan fingerprint density at radius 3 is 2.61 bits per heavy atom. The Hall–Kier alpha value is -2.82. The molecule has 0 aliphatic rings. The summed E-state index contributed by atoms with van der Waals surface area (Å²) < 4.78 is 25.0. The van der Waals surface area contributed by atoms with Crippen molar-refractivity contribution in [2.24, 2.45) is 0 Å². The van der Waals surface area contributed by atoms with E-state index in [0.29, 0.717) is 28.5 Å². The van der Waals surface area contributed by atoms with Gasteiger partial charge in [0.1, 0.15) is 18.2 Å². The number of rotatable bonds is 18. The van der Waals surface area contributed by atoms with Crippen molar-refractivity contribution in [2.45, 2.75) is 70.9 Å². The summed E-state index contributed by atoms with van der Waals surface area (Å²) in [6, 6.07) is 7.78. The molecule has 41 heavy (non-hydrogen) atoms. The molecule has 1 aromatic carbocycles. The fourth-order valence-electron chi connectivity index (χ4n) is 4.61. The van der Waals surface area contributed by atoms with Crippen LogP contribution >= 0.6 is 19.2 Å². The van der Waals surface area contributed by atoms with E-state index in [2.05, 4.69) is 25.3 Å². The molecule has 0 fully saturated rings. The van der Waals surface area contributed by atoms with Crippen molar-refractivity contribution in [3.63, 3.8) is 0 Å². The molecule has 0 saturated heterocycles. The van der Waals surface area contributed by atoms with Crippen molar-refractivity contribution in [1.29, 1.82) is 0 Å². The number of nitrogens with one attached hydrogen (secondary N) is 1. The summed E-state index contributed by atoms with van der Waals surface area (Å²) in [6.45, 7) is 3.39. The molecule has 0 aliphatic heterocycles. The van der Waals surface area contributed by atoms with Gasteiger partial charge in [0.05, 0.1) is 31.1 Å². The van der Waals surface area contributed by atoms with E-state index in [1.165, 1.54) is 25.6 Å². The Bertz CT molecular complexity index is 1450. The Morgan fingerprint density at radius 2 is 1.80 bits per heavy atom. The van der Waals surface area contributed by atoms with Gasteiger partial charge in [-0.2, -0.15) is 0 Å². The first-order valence-electron chi connectivity index (χ1n) is 14.1. The van der Waals surface area contributed by atoms with Crippen molar-refractivity contribution in [3.8, 4) is 0 Å². The highest BCUT2D eigenvalue weighted by molar-refractivity contribution is 7.52. The van der Waals surface area contributed by atoms with E-state index in [4.69, 9.17) is 26.6 Å². The topological polar surface area (TPSA) is 150 Å². The minimum absolute atomic E-state index is 0.245. The zero-order valence-electron chi connectivity index (χ0n) is 23.4. The minimum Gasteiger partial charge on any atom is -0.384 e. The number of pyridine rings is 1. The molecule has 13 heteroatoms. The fourth-order valence-corrected chi connectivity index (χ4v) is 5.71. The molecular formula is C28H39ClN7O4P. The normalized spacial score (nSPS) is 13.9. The van der Waals surface area contributed by atoms with Crippen LogP contribution in [0.25, 0.3) is 22.1 Å². The van der Waals surface area contributed by atoms with Crippen LogP contribution in [0.4, 0.5) is 11.5 Å². The number of fused-ring (bicyclic) bond motifs is 2. The Labute approximate surface area is 245 Å². The number of halogens is 1. The van der Waals surface area contributed by atoms with Crippen LogP contribution < -0.4 is 11.1 Å². The predicted octanol–water partition coefficient (Wildman–Crippen LogP) is 6.41. The Morgan fingerprint density at radius 1 is 1.05 bits per heavy atom. The third-order valence-electron chi connectivity index (χ3n) is 6.79. The van der Waals surface area contributed by atoms with Crippen LogP contribution in [0.3, 0.4) is 0 Å². The van der Waals surface area contributed by atoms with Gasteiger partial charge >= 0.3 is 7.60 Å². The van der Waals surface area contributed by atoms with E-state index >= 15 is 0 Å². The summed E-state index contributed by atoms with van der Waals surface area (Å²) in [5, 5.41) is 5.29. The number of nitrogens with two attached hydrogens (primary N) is 1. The van der Waals surface area contributed by atoms with Gasteiger partial charge < -0.3 is 29.8 Å². The molecule has 0 amide bonds. The van der Waals surface area contributed by atoms with Crippen LogP contribution in [0.1, 0.15) is 58.3 Å². The number of aromatic nitrogens is 5. The van der Waals surface area contributed by atoms with Gasteiger partial charge in [0.2, 0.25) is 0 Å². The van der Waals surface area contributed by atoms with Crippen LogP contribution in [0, 0.1) is 0 Å². The Balaban J connectivity index is 0.996. The second-order valence-electron chi connectivity index (χ2n) is 10.2. The van der Waals surface area contributed by atoms with Gasteiger partial charge in [-0.3, -0.25) is 9.55 Å². The fraction of sp³-hybridized carbons (Fsp3) is 0.500. The lowest BCUT2D eigenvalue weighted by Crippen LogP contribution is -2.17. The van der Waals surface area contributed by atoms with Crippen molar-refractivity contribution >= 4 is 52.8 Å². The first-order valence-corrected chi connectivity index (χ1v) is 16.2. The van der Waals surface area contributed by atoms with Crippen molar-refractivity contribution in [1.82, 2.24) is 24.5 Å². The SMILES string of the molecule is C[C@H](Cn1cnc2c(N)ncnc21)OCP(=O)(O)OCCCCCCCCCCNc1ccnc2cc(Cl)ccc12. The Kier molecular flexibility index (Phi) is 11.7. The second-order valence-corrected chi connectivity index (χ2v) is 12.4. The molecule has 3 heterocycles. The molecule has 0 radical (unpaired) electrons. The zero-order valence-corrected chi connectivity index (χ0v) is 25.1. The standard InChI is InChI=1S/C28H39ClN7O4P/c1-21(17-36-19-35-26-27(30)33-18-34-28(26)36)39-20-41(37,38)40-15-9-7-5-3-2-4-6-8-13-31-24-12-14-32-25-16-22(29)10-11-23(24)25/h10-12,14,16,18-19,21H,2-9,13,15,17,20H2,1H3,(H,31,32)(H,37,38)(H2,30,33,34)/t21-/m1/s1. The molecule has 1 unspecified atom stereocenters. The van der Waals surface area contributed by atoms with E-state index in [1.54, 1.807) is 17.1 Å². The van der Waals surface area contributed by atoms with Crippen LogP contribution in [0.15, 0.2) is 43.1 Å². The molecule has 11 nitrogen and oxygen atoms in total. The number of nitrogens with zero attached hydrogens (tertiary/aromatic N) is 5. The highest BCUT2D eigenvalue weighted by atomic mass is 35.5. The largest absolute Gasteiger partial charge is 0.384 e. The number of hydrogen-bond donors (Lipinski definition) is 3. The van der Waals surface area contributed by atoms with Crippen LogP contribution in [-0.2, 0) is 20.4 Å². The number of anilines is 2. The molecule has 222 valence electrons. The zero-order chi connectivity index (χ0) is 29.1. The number of unbranched alkanes of at least 4 members (excludes halogenated alkanes) is 7. The predicted molar refractivity (Wildman–Crippen MR) is 163 cm³/mol. The summed E-state index contributed by atoms with van der Waals surface area (Å²) in [7, 11) is -3.82. The maximum Gasteiger partial charge on any atom is 0.353 e. The molecule has 2 atom stereocenters. The van der Waals surface area contributed by atoms with Crippen LogP contribution in [-0.4, -0.2) is 55.0 Å². The summed E-state index contributed by atoms with van der Waals surface area (Å²) >= 11 is 6.07. The van der Waals surface area contributed by atoms with Gasteiger partial charge in [0.15, 0.2) is 11.5 Å². The maximum absolute atomic E-state index is 12.3. The highest BCUT2D eigenvalue weighted by Crippen LogP contribution is 2.42. The number of benzene rings is 1. The van der Waals surface area contributed by atoms with E-state index < -0.39 is 7.60 Å². The smallest absolute Gasteiger partial charge is 0.353 e. The molecule has 0 aliphatic carbocycles. The summed E-state index contributed by atoms with van der Waals surface area (Å²) in [6.07, 6.45) is 12.7. The van der Waals surface area contributed by atoms with Gasteiger partial charge in [-0.1, -0.05) is 50.1 Å². The summed E-state index contributed by atoms with van der Waals surface area (Å²) in [4.78, 5) is 26.8. The first kappa shape index (κ1) is 31.1. The lowest BCUT2D eigenvalue weighted by Gasteiger charge is -2.17. The molecule has 3 aromatic heterocycles. The van der Waals surface area contributed by atoms with E-state index in [1.807, 2.05) is 31.2 Å². The number of nitrogen functional groups attached to an aromatic ring is 1. The van der Waals surface area contributed by atoms with Gasteiger partial charge in [-0.25, -0.2) is 15.0 Å². The van der Waals surface area contributed by atoms with E-state index in [9.17, 15) is 9.46 Å². The van der Waals surface area contributed by atoms with E-state index in [-0.39, 0.29) is 19.1 Å². The number of hydrogen-bond acceptors (Lipinski definition) is 9. The van der Waals surface area contributed by atoms with Gasteiger partial charge in [0, 0.05) is 28.8 Å². The molecule has 4 aromatic rings. The monoisotopic (exact) mass is 603 g/mol. The molecule has 0 saturated carbocycles. The molecule has 4 N–H and O–H groups in total. The van der Waals surface area contributed by atoms with Crippen molar-refractivity contribution < 1.29 is 18.7 Å². The first-order chi connectivity index (χ1) is 19.8. The van der Waals surface area contributed by atoms with Crippen molar-refractivity contribution in [3.05, 3.63) is 48.1 Å². The van der Waals surface area contributed by atoms with Gasteiger partial charge in [-0.15, -0.1) is 0 Å². The van der Waals surface area contributed by atoms with Crippen molar-refractivity contribution in [2.75, 3.05) is 30.6 Å². The lowest BCUT2D eigenvalue weighted by atomic mass is 10.1. The van der Waals surface area contributed by atoms with Crippen LogP contribution in [0.5, 0.6) is 0 Å². The highest BCUT2D eigenvalue weighted by Gasteiger charge is 2.21. The van der Waals surface area contributed by atoms with Gasteiger partial charge in [0.25, 0.3) is 0 Å². The molecule has 4 rings (SSSR count). The third-order valence-corrected chi connectivity index (χ3v) is 8.09. The lowest BCUT2D eigenvalue weighted by molar-refractivity contribution is 0.0715. The average molecular weight is 604 g/mol. The molecule has 0 bridgehead atoms. The minimum atomic E-state index is -3.82. The quantitative estimate of drug-likeness (QED) is 0.0859. The number of ether oxygens (including phenoxy) is 1. The average Bonchev–Trinajstić information content (AvgIpc) is 3.36. The van der Waals surface area contributed by atoms with Crippen LogP contribution in [0.2, 0.25) is 5.02 Å². The van der Waals surface area contributed by atoms with E-state index in [0.717, 1.165) is 55.2 Å². The second kappa shape index (κ2) is 15.4. The van der Waals surface area contributed by atoms with Gasteiger partial charge in [-0.05, 0) is 44.0 Å². The molecular weight excluding hydrogens is 565 g/mol. The summed E-state index contributed by atoms with van der Waals surface area (Å²) in [5.41, 5.74) is 8.91.